The van der Waals surface area contributed by atoms with Crippen molar-refractivity contribution in [2.75, 3.05) is 6.54 Å². The van der Waals surface area contributed by atoms with Crippen LogP contribution in [0.25, 0.3) is 0 Å². The normalized spacial score (nSPS) is 13.1. The molecule has 4 heteroatoms. The van der Waals surface area contributed by atoms with E-state index in [2.05, 4.69) is 25.2 Å². The lowest BCUT2D eigenvalue weighted by atomic mass is 9.71. The maximum Gasteiger partial charge on any atom is 0.251 e. The lowest BCUT2D eigenvalue weighted by Crippen LogP contribution is -2.27. The standard InChI is InChI=1S/C24H31Cl2NO/c1-3-5-15-24(4-2,20-13-14-21(25)22(26)18-20)16-9-10-17-27-23(28)19-11-7-6-8-12-19/h6-8,11-14,18H,3-5,9-10,15-17H2,1-2H3,(H,27,28). The topological polar surface area (TPSA) is 29.1 Å². The van der Waals surface area contributed by atoms with Crippen molar-refractivity contribution >= 4 is 29.1 Å². The van der Waals surface area contributed by atoms with E-state index in [4.69, 9.17) is 23.2 Å². The second kappa shape index (κ2) is 11.5. The molecular weight excluding hydrogens is 389 g/mol. The van der Waals surface area contributed by atoms with Crippen LogP contribution in [0.3, 0.4) is 0 Å². The molecule has 1 unspecified atom stereocenters. The highest BCUT2D eigenvalue weighted by Gasteiger charge is 2.29. The van der Waals surface area contributed by atoms with Crippen molar-refractivity contribution in [2.24, 2.45) is 0 Å². The molecule has 2 aromatic rings. The van der Waals surface area contributed by atoms with E-state index in [1.807, 2.05) is 42.5 Å². The number of hydrogen-bond acceptors (Lipinski definition) is 1. The van der Waals surface area contributed by atoms with Crippen LogP contribution in [0.4, 0.5) is 0 Å². The van der Waals surface area contributed by atoms with Crippen LogP contribution in [0, 0.1) is 0 Å². The fourth-order valence-electron chi connectivity index (χ4n) is 3.79. The largest absolute Gasteiger partial charge is 0.352 e. The van der Waals surface area contributed by atoms with Crippen molar-refractivity contribution < 1.29 is 4.79 Å². The fourth-order valence-corrected chi connectivity index (χ4v) is 4.09. The minimum Gasteiger partial charge on any atom is -0.352 e. The van der Waals surface area contributed by atoms with E-state index in [9.17, 15) is 4.79 Å². The Labute approximate surface area is 179 Å². The predicted octanol–water partition coefficient (Wildman–Crippen LogP) is 7.43. The highest BCUT2D eigenvalue weighted by atomic mass is 35.5. The van der Waals surface area contributed by atoms with Gasteiger partial charge in [0, 0.05) is 12.1 Å². The van der Waals surface area contributed by atoms with Gasteiger partial charge in [0.2, 0.25) is 0 Å². The van der Waals surface area contributed by atoms with E-state index >= 15 is 0 Å². The number of hydrogen-bond donors (Lipinski definition) is 1. The Balaban J connectivity index is 1.95. The molecule has 28 heavy (non-hydrogen) atoms. The fraction of sp³-hybridized carbons (Fsp3) is 0.458. The Kier molecular flexibility index (Phi) is 9.34. The Hall–Kier alpha value is -1.51. The molecule has 0 aliphatic heterocycles. The summed E-state index contributed by atoms with van der Waals surface area (Å²) in [6, 6.07) is 15.4. The summed E-state index contributed by atoms with van der Waals surface area (Å²) >= 11 is 12.4. The number of amides is 1. The summed E-state index contributed by atoms with van der Waals surface area (Å²) in [7, 11) is 0. The zero-order chi connectivity index (χ0) is 20.4. The Morgan fingerprint density at radius 1 is 0.929 bits per heavy atom. The van der Waals surface area contributed by atoms with Gasteiger partial charge in [-0.15, -0.1) is 0 Å². The van der Waals surface area contributed by atoms with Crippen LogP contribution >= 0.6 is 23.2 Å². The van der Waals surface area contributed by atoms with E-state index in [1.165, 1.54) is 18.4 Å². The van der Waals surface area contributed by atoms with Crippen LogP contribution in [0.15, 0.2) is 48.5 Å². The molecule has 0 radical (unpaired) electrons. The zero-order valence-electron chi connectivity index (χ0n) is 16.9. The molecule has 1 amide bonds. The number of carbonyl (C=O) groups is 1. The number of benzene rings is 2. The summed E-state index contributed by atoms with van der Waals surface area (Å²) in [4.78, 5) is 12.2. The first-order chi connectivity index (χ1) is 13.5. The highest BCUT2D eigenvalue weighted by molar-refractivity contribution is 6.42. The van der Waals surface area contributed by atoms with Crippen LogP contribution in [-0.4, -0.2) is 12.5 Å². The quantitative estimate of drug-likeness (QED) is 0.376. The lowest BCUT2D eigenvalue weighted by Gasteiger charge is -2.34. The number of halogens is 2. The zero-order valence-corrected chi connectivity index (χ0v) is 18.5. The first kappa shape index (κ1) is 22.8. The Bertz CT molecular complexity index is 748. The van der Waals surface area contributed by atoms with Gasteiger partial charge in [0.15, 0.2) is 0 Å². The maximum absolute atomic E-state index is 12.2. The van der Waals surface area contributed by atoms with E-state index in [0.29, 0.717) is 22.2 Å². The molecule has 0 fully saturated rings. The lowest BCUT2D eigenvalue weighted by molar-refractivity contribution is 0.0952. The molecule has 1 atom stereocenters. The minimum absolute atomic E-state index is 0.00202. The molecule has 0 saturated carbocycles. The molecule has 0 saturated heterocycles. The molecule has 152 valence electrons. The molecule has 0 aromatic heterocycles. The van der Waals surface area contributed by atoms with E-state index in [-0.39, 0.29) is 11.3 Å². The van der Waals surface area contributed by atoms with E-state index in [1.54, 1.807) is 0 Å². The van der Waals surface area contributed by atoms with Crippen LogP contribution in [-0.2, 0) is 5.41 Å². The molecule has 0 heterocycles. The summed E-state index contributed by atoms with van der Waals surface area (Å²) < 4.78 is 0. The van der Waals surface area contributed by atoms with Gasteiger partial charge in [0.1, 0.15) is 0 Å². The summed E-state index contributed by atoms with van der Waals surface area (Å²) in [5.74, 6) is -0.00202. The summed E-state index contributed by atoms with van der Waals surface area (Å²) in [6.07, 6.45) is 7.70. The number of unbranched alkanes of at least 4 members (excludes halogenated alkanes) is 2. The first-order valence-electron chi connectivity index (χ1n) is 10.3. The summed E-state index contributed by atoms with van der Waals surface area (Å²) in [6.45, 7) is 5.19. The molecule has 0 bridgehead atoms. The monoisotopic (exact) mass is 419 g/mol. The minimum atomic E-state index is -0.00202. The van der Waals surface area contributed by atoms with Crippen molar-refractivity contribution in [3.63, 3.8) is 0 Å². The molecule has 2 aromatic carbocycles. The average molecular weight is 420 g/mol. The molecule has 0 aliphatic carbocycles. The van der Waals surface area contributed by atoms with Gasteiger partial charge in [-0.2, -0.15) is 0 Å². The van der Waals surface area contributed by atoms with Gasteiger partial charge in [-0.05, 0) is 60.9 Å². The predicted molar refractivity (Wildman–Crippen MR) is 121 cm³/mol. The second-order valence-electron chi connectivity index (χ2n) is 7.45. The van der Waals surface area contributed by atoms with Gasteiger partial charge in [-0.1, -0.05) is 80.6 Å². The van der Waals surface area contributed by atoms with Crippen LogP contribution < -0.4 is 5.32 Å². The van der Waals surface area contributed by atoms with Crippen molar-refractivity contribution in [3.8, 4) is 0 Å². The second-order valence-corrected chi connectivity index (χ2v) is 8.26. The van der Waals surface area contributed by atoms with Gasteiger partial charge in [0.05, 0.1) is 10.0 Å². The van der Waals surface area contributed by atoms with E-state index in [0.717, 1.165) is 32.1 Å². The third-order valence-corrected chi connectivity index (χ3v) is 6.36. The number of carbonyl (C=O) groups excluding carboxylic acids is 1. The van der Waals surface area contributed by atoms with Gasteiger partial charge >= 0.3 is 0 Å². The molecule has 0 spiro atoms. The van der Waals surface area contributed by atoms with Crippen molar-refractivity contribution in [3.05, 3.63) is 69.7 Å². The molecule has 0 aliphatic rings. The van der Waals surface area contributed by atoms with Crippen molar-refractivity contribution in [1.29, 1.82) is 0 Å². The highest BCUT2D eigenvalue weighted by Crippen LogP contribution is 2.40. The number of nitrogens with one attached hydrogen (secondary N) is 1. The SMILES string of the molecule is CCCCC(CC)(CCCCNC(=O)c1ccccc1)c1ccc(Cl)c(Cl)c1. The van der Waals surface area contributed by atoms with Crippen LogP contribution in [0.1, 0.15) is 74.7 Å². The summed E-state index contributed by atoms with van der Waals surface area (Å²) in [5.41, 5.74) is 2.11. The van der Waals surface area contributed by atoms with E-state index < -0.39 is 0 Å². The first-order valence-corrected chi connectivity index (χ1v) is 11.1. The van der Waals surface area contributed by atoms with Crippen LogP contribution in [0.5, 0.6) is 0 Å². The maximum atomic E-state index is 12.2. The van der Waals surface area contributed by atoms with Gasteiger partial charge in [0.25, 0.3) is 5.91 Å². The molecular formula is C24H31Cl2NO. The number of rotatable bonds is 11. The van der Waals surface area contributed by atoms with Crippen molar-refractivity contribution in [2.45, 2.75) is 64.2 Å². The van der Waals surface area contributed by atoms with Crippen LogP contribution in [0.2, 0.25) is 10.0 Å². The third kappa shape index (κ3) is 6.25. The molecule has 1 N–H and O–H groups in total. The summed E-state index contributed by atoms with van der Waals surface area (Å²) in [5, 5.41) is 4.26. The Morgan fingerprint density at radius 2 is 1.64 bits per heavy atom. The molecule has 2 nitrogen and oxygen atoms in total. The van der Waals surface area contributed by atoms with Crippen molar-refractivity contribution in [1.82, 2.24) is 5.32 Å². The Morgan fingerprint density at radius 3 is 2.29 bits per heavy atom. The van der Waals surface area contributed by atoms with Gasteiger partial charge < -0.3 is 5.32 Å². The smallest absolute Gasteiger partial charge is 0.251 e. The van der Waals surface area contributed by atoms with Gasteiger partial charge in [-0.25, -0.2) is 0 Å². The van der Waals surface area contributed by atoms with Gasteiger partial charge in [-0.3, -0.25) is 4.79 Å². The third-order valence-electron chi connectivity index (χ3n) is 5.62. The average Bonchev–Trinajstić information content (AvgIpc) is 2.73. The molecule has 2 rings (SSSR count).